The van der Waals surface area contributed by atoms with Crippen molar-refractivity contribution in [1.29, 1.82) is 0 Å². The van der Waals surface area contributed by atoms with Crippen LogP contribution in [0.25, 0.3) is 0 Å². The summed E-state index contributed by atoms with van der Waals surface area (Å²) in [6, 6.07) is 3.35. The van der Waals surface area contributed by atoms with Gasteiger partial charge in [-0.1, -0.05) is 33.8 Å². The zero-order chi connectivity index (χ0) is 11.6. The van der Waals surface area contributed by atoms with Gasteiger partial charge in [-0.05, 0) is 23.5 Å². The first-order valence-electron chi connectivity index (χ1n) is 5.35. The Kier molecular flexibility index (Phi) is 3.72. The molecule has 0 atom stereocenters. The lowest BCUT2D eigenvalue weighted by Gasteiger charge is -2.18. The number of hydrogen-bond acceptors (Lipinski definition) is 1. The molecule has 1 aromatic rings. The minimum Gasteiger partial charge on any atom is -0.496 e. The van der Waals surface area contributed by atoms with Crippen molar-refractivity contribution < 1.29 is 9.13 Å². The summed E-state index contributed by atoms with van der Waals surface area (Å²) in [6.07, 6.45) is 0. The fraction of sp³-hybridized carbons (Fsp3) is 0.538. The molecule has 0 N–H and O–H groups in total. The Hall–Kier alpha value is -1.05. The molecular weight excluding hydrogens is 191 g/mol. The van der Waals surface area contributed by atoms with E-state index in [4.69, 9.17) is 4.74 Å². The molecular formula is C13H19FO. The maximum absolute atomic E-state index is 13.7. The van der Waals surface area contributed by atoms with Crippen LogP contribution in [-0.4, -0.2) is 7.11 Å². The molecule has 0 heterocycles. The Morgan fingerprint density at radius 1 is 1.07 bits per heavy atom. The Balaban J connectivity index is 3.40. The van der Waals surface area contributed by atoms with Crippen molar-refractivity contribution in [2.24, 2.45) is 0 Å². The van der Waals surface area contributed by atoms with E-state index in [-0.39, 0.29) is 11.7 Å². The first-order chi connectivity index (χ1) is 6.99. The van der Waals surface area contributed by atoms with E-state index in [2.05, 4.69) is 13.8 Å². The van der Waals surface area contributed by atoms with Gasteiger partial charge in [0, 0.05) is 5.56 Å². The number of methoxy groups -OCH3 is 1. The molecule has 0 saturated carbocycles. The van der Waals surface area contributed by atoms with Gasteiger partial charge < -0.3 is 4.74 Å². The molecule has 0 aromatic heterocycles. The third kappa shape index (κ3) is 2.31. The highest BCUT2D eigenvalue weighted by Crippen LogP contribution is 2.35. The van der Waals surface area contributed by atoms with Crippen LogP contribution < -0.4 is 4.74 Å². The summed E-state index contributed by atoms with van der Waals surface area (Å²) in [6.45, 7) is 8.12. The van der Waals surface area contributed by atoms with Crippen molar-refractivity contribution in [3.63, 3.8) is 0 Å². The van der Waals surface area contributed by atoms with E-state index in [1.54, 1.807) is 7.11 Å². The smallest absolute Gasteiger partial charge is 0.130 e. The van der Waals surface area contributed by atoms with Crippen LogP contribution in [0, 0.1) is 5.82 Å². The number of ether oxygens (including phenoxy) is 1. The van der Waals surface area contributed by atoms with E-state index >= 15 is 0 Å². The van der Waals surface area contributed by atoms with Gasteiger partial charge in [0.15, 0.2) is 0 Å². The van der Waals surface area contributed by atoms with E-state index in [0.717, 1.165) is 5.56 Å². The van der Waals surface area contributed by atoms with Crippen molar-refractivity contribution in [1.82, 2.24) is 0 Å². The summed E-state index contributed by atoms with van der Waals surface area (Å²) >= 11 is 0. The molecule has 0 aliphatic carbocycles. The van der Waals surface area contributed by atoms with Crippen molar-refractivity contribution in [2.45, 2.75) is 39.5 Å². The van der Waals surface area contributed by atoms with E-state index in [1.807, 2.05) is 19.9 Å². The van der Waals surface area contributed by atoms with Crippen LogP contribution in [-0.2, 0) is 0 Å². The van der Waals surface area contributed by atoms with Crippen LogP contribution in [0.3, 0.4) is 0 Å². The minimum atomic E-state index is -0.175. The van der Waals surface area contributed by atoms with Gasteiger partial charge in [0.1, 0.15) is 11.6 Å². The second kappa shape index (κ2) is 4.65. The average Bonchev–Trinajstić information content (AvgIpc) is 2.15. The number of benzene rings is 1. The highest BCUT2D eigenvalue weighted by atomic mass is 19.1. The van der Waals surface area contributed by atoms with Crippen LogP contribution in [0.5, 0.6) is 5.75 Å². The lowest BCUT2D eigenvalue weighted by molar-refractivity contribution is 0.394. The highest BCUT2D eigenvalue weighted by molar-refractivity contribution is 5.45. The first kappa shape index (κ1) is 12.0. The first-order valence-corrected chi connectivity index (χ1v) is 5.35. The fourth-order valence-electron chi connectivity index (χ4n) is 1.81. The van der Waals surface area contributed by atoms with Gasteiger partial charge in [0.2, 0.25) is 0 Å². The van der Waals surface area contributed by atoms with Crippen molar-refractivity contribution in [3.8, 4) is 5.75 Å². The Morgan fingerprint density at radius 3 is 2.07 bits per heavy atom. The average molecular weight is 210 g/mol. The molecule has 0 amide bonds. The van der Waals surface area contributed by atoms with Gasteiger partial charge in [0.05, 0.1) is 7.11 Å². The zero-order valence-corrected chi connectivity index (χ0v) is 10.1. The topological polar surface area (TPSA) is 9.23 Å². The summed E-state index contributed by atoms with van der Waals surface area (Å²) in [5.74, 6) is 1.02. The maximum Gasteiger partial charge on any atom is 0.130 e. The summed E-state index contributed by atoms with van der Waals surface area (Å²) in [5.41, 5.74) is 1.76. The molecule has 0 bridgehead atoms. The molecule has 1 nitrogen and oxygen atoms in total. The minimum absolute atomic E-state index is 0.138. The summed E-state index contributed by atoms with van der Waals surface area (Å²) in [5, 5.41) is 0. The molecule has 1 aromatic carbocycles. The number of rotatable bonds is 3. The molecule has 0 aliphatic rings. The lowest BCUT2D eigenvalue weighted by atomic mass is 9.93. The third-order valence-electron chi connectivity index (χ3n) is 2.58. The number of halogens is 1. The van der Waals surface area contributed by atoms with Crippen molar-refractivity contribution in [3.05, 3.63) is 29.1 Å². The standard InChI is InChI=1S/C13H19FO/c1-8(2)10-6-7-11(14)12(9(3)4)13(10)15-5/h6-9H,1-5H3. The molecule has 0 spiro atoms. The Morgan fingerprint density at radius 2 is 1.67 bits per heavy atom. The van der Waals surface area contributed by atoms with Gasteiger partial charge >= 0.3 is 0 Å². The normalized spacial score (nSPS) is 11.2. The Bertz CT molecular complexity index is 343. The van der Waals surface area contributed by atoms with Crippen LogP contribution in [0.1, 0.15) is 50.7 Å². The maximum atomic E-state index is 13.7. The predicted octanol–water partition coefficient (Wildman–Crippen LogP) is 4.08. The molecule has 1 rings (SSSR count). The van der Waals surface area contributed by atoms with Crippen LogP contribution in [0.15, 0.2) is 12.1 Å². The molecule has 0 saturated heterocycles. The van der Waals surface area contributed by atoms with Gasteiger partial charge in [-0.3, -0.25) is 0 Å². The molecule has 84 valence electrons. The zero-order valence-electron chi connectivity index (χ0n) is 10.1. The van der Waals surface area contributed by atoms with Gasteiger partial charge in [-0.25, -0.2) is 4.39 Å². The molecule has 0 fully saturated rings. The van der Waals surface area contributed by atoms with E-state index in [1.165, 1.54) is 6.07 Å². The SMILES string of the molecule is COc1c(C(C)C)ccc(F)c1C(C)C. The third-order valence-corrected chi connectivity index (χ3v) is 2.58. The molecule has 2 heteroatoms. The second-order valence-corrected chi connectivity index (χ2v) is 4.39. The van der Waals surface area contributed by atoms with E-state index < -0.39 is 0 Å². The monoisotopic (exact) mass is 210 g/mol. The van der Waals surface area contributed by atoms with Gasteiger partial charge in [-0.15, -0.1) is 0 Å². The van der Waals surface area contributed by atoms with E-state index in [9.17, 15) is 4.39 Å². The predicted molar refractivity (Wildman–Crippen MR) is 61.1 cm³/mol. The van der Waals surface area contributed by atoms with Crippen LogP contribution in [0.2, 0.25) is 0 Å². The summed E-state index contributed by atoms with van der Waals surface area (Å²) in [7, 11) is 1.60. The van der Waals surface area contributed by atoms with Gasteiger partial charge in [0.25, 0.3) is 0 Å². The van der Waals surface area contributed by atoms with Crippen LogP contribution in [0.4, 0.5) is 4.39 Å². The Labute approximate surface area is 91.3 Å². The van der Waals surface area contributed by atoms with Crippen LogP contribution >= 0.6 is 0 Å². The number of hydrogen-bond donors (Lipinski definition) is 0. The largest absolute Gasteiger partial charge is 0.496 e. The fourth-order valence-corrected chi connectivity index (χ4v) is 1.81. The van der Waals surface area contributed by atoms with Crippen molar-refractivity contribution >= 4 is 0 Å². The second-order valence-electron chi connectivity index (χ2n) is 4.39. The van der Waals surface area contributed by atoms with E-state index in [0.29, 0.717) is 17.2 Å². The molecule has 0 radical (unpaired) electrons. The van der Waals surface area contributed by atoms with Gasteiger partial charge in [-0.2, -0.15) is 0 Å². The molecule has 0 aliphatic heterocycles. The summed E-state index contributed by atoms with van der Waals surface area (Å²) in [4.78, 5) is 0. The molecule has 15 heavy (non-hydrogen) atoms. The lowest BCUT2D eigenvalue weighted by Crippen LogP contribution is -2.03. The van der Waals surface area contributed by atoms with Crippen molar-refractivity contribution in [2.75, 3.05) is 7.11 Å². The highest BCUT2D eigenvalue weighted by Gasteiger charge is 2.18. The quantitative estimate of drug-likeness (QED) is 0.730. The summed E-state index contributed by atoms with van der Waals surface area (Å²) < 4.78 is 19.0. The molecule has 0 unspecified atom stereocenters.